The summed E-state index contributed by atoms with van der Waals surface area (Å²) in [6, 6.07) is 0.691. The van der Waals surface area contributed by atoms with Gasteiger partial charge in [-0.2, -0.15) is 0 Å². The third kappa shape index (κ3) is 4.14. The summed E-state index contributed by atoms with van der Waals surface area (Å²) in [4.78, 5) is 17.0. The van der Waals surface area contributed by atoms with E-state index in [4.69, 9.17) is 5.11 Å². The van der Waals surface area contributed by atoms with Gasteiger partial charge in [-0.1, -0.05) is 0 Å². The van der Waals surface area contributed by atoms with Gasteiger partial charge in [-0.15, -0.1) is 0 Å². The van der Waals surface area contributed by atoms with Crippen molar-refractivity contribution in [1.82, 2.24) is 14.5 Å². The van der Waals surface area contributed by atoms with Crippen LogP contribution in [0.1, 0.15) is 45.9 Å². The smallest absolute Gasteiger partial charge is 0.304 e. The fourth-order valence-electron chi connectivity index (χ4n) is 1.89. The highest BCUT2D eigenvalue weighted by molar-refractivity contribution is 5.66. The molecule has 0 aromatic carbocycles. The third-order valence-corrected chi connectivity index (χ3v) is 3.01. The Hall–Kier alpha value is -1.36. The van der Waals surface area contributed by atoms with Crippen molar-refractivity contribution < 1.29 is 9.90 Å². The summed E-state index contributed by atoms with van der Waals surface area (Å²) < 4.78 is 2.12. The van der Waals surface area contributed by atoms with Crippen molar-refractivity contribution in [1.29, 1.82) is 0 Å². The molecule has 0 saturated carbocycles. The zero-order chi connectivity index (χ0) is 13.7. The van der Waals surface area contributed by atoms with Crippen molar-refractivity contribution in [2.75, 3.05) is 6.54 Å². The number of carboxylic acid groups (broad SMARTS) is 1. The molecule has 18 heavy (non-hydrogen) atoms. The van der Waals surface area contributed by atoms with Crippen molar-refractivity contribution in [3.63, 3.8) is 0 Å². The first-order chi connectivity index (χ1) is 8.41. The van der Waals surface area contributed by atoms with Gasteiger partial charge in [0.1, 0.15) is 0 Å². The fraction of sp³-hybridized carbons (Fsp3) is 0.692. The number of imidazole rings is 1. The molecule has 0 radical (unpaired) electrons. The number of aromatic nitrogens is 2. The molecule has 0 atom stereocenters. The first-order valence-electron chi connectivity index (χ1n) is 6.38. The SMILES string of the molecule is CC(C)N(CCC(=O)O)Cc1cncn1C(C)C. The second-order valence-electron chi connectivity index (χ2n) is 5.09. The summed E-state index contributed by atoms with van der Waals surface area (Å²) in [6.45, 7) is 9.69. The van der Waals surface area contributed by atoms with Crippen LogP contribution >= 0.6 is 0 Å². The Morgan fingerprint density at radius 2 is 2.11 bits per heavy atom. The molecule has 5 heteroatoms. The highest BCUT2D eigenvalue weighted by atomic mass is 16.4. The standard InChI is InChI=1S/C13H23N3O2/c1-10(2)15(6-5-13(17)18)8-12-7-14-9-16(12)11(3)4/h7,9-11H,5-6,8H2,1-4H3,(H,17,18). The van der Waals surface area contributed by atoms with E-state index in [-0.39, 0.29) is 6.42 Å². The van der Waals surface area contributed by atoms with E-state index in [1.807, 2.05) is 12.5 Å². The molecule has 1 N–H and O–H groups in total. The number of hydrogen-bond acceptors (Lipinski definition) is 3. The maximum atomic E-state index is 10.7. The number of rotatable bonds is 7. The minimum atomic E-state index is -0.752. The van der Waals surface area contributed by atoms with Gasteiger partial charge in [0, 0.05) is 31.4 Å². The third-order valence-electron chi connectivity index (χ3n) is 3.01. The Morgan fingerprint density at radius 1 is 1.44 bits per heavy atom. The molecule has 0 saturated heterocycles. The highest BCUT2D eigenvalue weighted by Crippen LogP contribution is 2.13. The minimum Gasteiger partial charge on any atom is -0.481 e. The van der Waals surface area contributed by atoms with E-state index < -0.39 is 5.97 Å². The monoisotopic (exact) mass is 253 g/mol. The van der Waals surface area contributed by atoms with E-state index >= 15 is 0 Å². The van der Waals surface area contributed by atoms with Crippen LogP contribution in [0.2, 0.25) is 0 Å². The first kappa shape index (κ1) is 14.7. The van der Waals surface area contributed by atoms with E-state index in [9.17, 15) is 4.79 Å². The van der Waals surface area contributed by atoms with Crippen LogP contribution in [0.5, 0.6) is 0 Å². The summed E-state index contributed by atoms with van der Waals surface area (Å²) in [5, 5.41) is 8.77. The Kier molecular flexibility index (Phi) is 5.34. The molecule has 0 aliphatic carbocycles. The van der Waals surface area contributed by atoms with Crippen LogP contribution in [0, 0.1) is 0 Å². The molecular weight excluding hydrogens is 230 g/mol. The number of hydrogen-bond donors (Lipinski definition) is 1. The van der Waals surface area contributed by atoms with Crippen molar-refractivity contribution >= 4 is 5.97 Å². The van der Waals surface area contributed by atoms with Crippen LogP contribution in [0.15, 0.2) is 12.5 Å². The predicted octanol–water partition coefficient (Wildman–Crippen LogP) is 2.15. The average molecular weight is 253 g/mol. The van der Waals surface area contributed by atoms with Gasteiger partial charge in [0.15, 0.2) is 0 Å². The Balaban J connectivity index is 2.70. The van der Waals surface area contributed by atoms with Gasteiger partial charge in [0.2, 0.25) is 0 Å². The van der Waals surface area contributed by atoms with Crippen molar-refractivity contribution in [3.8, 4) is 0 Å². The van der Waals surface area contributed by atoms with Gasteiger partial charge in [0.25, 0.3) is 0 Å². The number of nitrogens with zero attached hydrogens (tertiary/aromatic N) is 3. The van der Waals surface area contributed by atoms with Crippen LogP contribution in [0.4, 0.5) is 0 Å². The summed E-state index contributed by atoms with van der Waals surface area (Å²) in [6.07, 6.45) is 3.86. The molecule has 0 bridgehead atoms. The van der Waals surface area contributed by atoms with Gasteiger partial charge in [0.05, 0.1) is 18.4 Å². The molecule has 1 aromatic rings. The lowest BCUT2D eigenvalue weighted by Crippen LogP contribution is -2.33. The minimum absolute atomic E-state index is 0.175. The van der Waals surface area contributed by atoms with Crippen LogP contribution in [-0.4, -0.2) is 38.1 Å². The molecule has 5 nitrogen and oxygen atoms in total. The summed E-state index contributed by atoms with van der Waals surface area (Å²) in [5.74, 6) is -0.752. The van der Waals surface area contributed by atoms with Gasteiger partial charge < -0.3 is 9.67 Å². The molecule has 1 heterocycles. The van der Waals surface area contributed by atoms with Gasteiger partial charge in [-0.25, -0.2) is 4.98 Å². The first-order valence-corrected chi connectivity index (χ1v) is 6.38. The predicted molar refractivity (Wildman–Crippen MR) is 70.4 cm³/mol. The lowest BCUT2D eigenvalue weighted by Gasteiger charge is -2.26. The highest BCUT2D eigenvalue weighted by Gasteiger charge is 2.15. The average Bonchev–Trinajstić information content (AvgIpc) is 2.71. The van der Waals surface area contributed by atoms with E-state index in [1.54, 1.807) is 0 Å². The second-order valence-corrected chi connectivity index (χ2v) is 5.09. The summed E-state index contributed by atoms with van der Waals surface area (Å²) in [5.41, 5.74) is 1.13. The van der Waals surface area contributed by atoms with Gasteiger partial charge >= 0.3 is 5.97 Å². The van der Waals surface area contributed by atoms with Gasteiger partial charge in [-0.3, -0.25) is 9.69 Å². The molecule has 0 amide bonds. The fourth-order valence-corrected chi connectivity index (χ4v) is 1.89. The molecular formula is C13H23N3O2. The van der Waals surface area contributed by atoms with Crippen LogP contribution < -0.4 is 0 Å². The number of carboxylic acids is 1. The zero-order valence-corrected chi connectivity index (χ0v) is 11.6. The van der Waals surface area contributed by atoms with E-state index in [1.165, 1.54) is 0 Å². The Morgan fingerprint density at radius 3 is 2.61 bits per heavy atom. The van der Waals surface area contributed by atoms with Crippen molar-refractivity contribution in [3.05, 3.63) is 18.2 Å². The largest absolute Gasteiger partial charge is 0.481 e. The molecule has 1 aromatic heterocycles. The molecule has 102 valence electrons. The van der Waals surface area contributed by atoms with Gasteiger partial charge in [-0.05, 0) is 27.7 Å². The van der Waals surface area contributed by atoms with Crippen LogP contribution in [-0.2, 0) is 11.3 Å². The number of carbonyl (C=O) groups is 1. The maximum absolute atomic E-state index is 10.7. The normalized spacial score (nSPS) is 11.7. The molecule has 0 aliphatic heterocycles. The van der Waals surface area contributed by atoms with Crippen LogP contribution in [0.25, 0.3) is 0 Å². The second kappa shape index (κ2) is 6.54. The molecule has 0 fully saturated rings. The molecule has 0 unspecified atom stereocenters. The van der Waals surface area contributed by atoms with E-state index in [0.29, 0.717) is 18.6 Å². The maximum Gasteiger partial charge on any atom is 0.304 e. The molecule has 0 aliphatic rings. The van der Waals surface area contributed by atoms with E-state index in [2.05, 4.69) is 42.1 Å². The van der Waals surface area contributed by atoms with Crippen molar-refractivity contribution in [2.24, 2.45) is 0 Å². The molecule has 0 spiro atoms. The summed E-state index contributed by atoms with van der Waals surface area (Å²) >= 11 is 0. The van der Waals surface area contributed by atoms with Crippen LogP contribution in [0.3, 0.4) is 0 Å². The topological polar surface area (TPSA) is 58.4 Å². The number of aliphatic carboxylic acids is 1. The Bertz CT molecular complexity index is 385. The van der Waals surface area contributed by atoms with E-state index in [0.717, 1.165) is 12.2 Å². The molecule has 1 rings (SSSR count). The van der Waals surface area contributed by atoms with Crippen molar-refractivity contribution in [2.45, 2.75) is 52.7 Å². The quantitative estimate of drug-likeness (QED) is 0.809. The Labute approximate surface area is 108 Å². The lowest BCUT2D eigenvalue weighted by atomic mass is 10.2. The lowest BCUT2D eigenvalue weighted by molar-refractivity contribution is -0.137. The zero-order valence-electron chi connectivity index (χ0n) is 11.6. The summed E-state index contributed by atoms with van der Waals surface area (Å²) in [7, 11) is 0.